The molecule has 1 aliphatic carbocycles. The molecular formula is C18H28N2O4. The molecule has 6 heteroatoms. The number of ether oxygens (including phenoxy) is 3. The van der Waals surface area contributed by atoms with E-state index in [1.54, 1.807) is 7.11 Å². The van der Waals surface area contributed by atoms with Gasteiger partial charge in [0.15, 0.2) is 11.5 Å². The van der Waals surface area contributed by atoms with Gasteiger partial charge in [-0.3, -0.25) is 4.90 Å². The highest BCUT2D eigenvalue weighted by atomic mass is 16.5. The summed E-state index contributed by atoms with van der Waals surface area (Å²) in [6, 6.07) is 6.65. The fourth-order valence-corrected chi connectivity index (χ4v) is 2.81. The van der Waals surface area contributed by atoms with Crippen LogP contribution in [-0.2, 0) is 11.3 Å². The van der Waals surface area contributed by atoms with Gasteiger partial charge in [-0.2, -0.15) is 0 Å². The summed E-state index contributed by atoms with van der Waals surface area (Å²) in [5, 5.41) is 13.7. The molecule has 134 valence electrons. The van der Waals surface area contributed by atoms with Crippen LogP contribution >= 0.6 is 0 Å². The highest BCUT2D eigenvalue weighted by Crippen LogP contribution is 2.29. The van der Waals surface area contributed by atoms with E-state index in [0.717, 1.165) is 32.8 Å². The van der Waals surface area contributed by atoms with E-state index in [0.29, 0.717) is 24.1 Å². The summed E-state index contributed by atoms with van der Waals surface area (Å²) < 4.78 is 16.5. The van der Waals surface area contributed by atoms with Crippen molar-refractivity contribution in [2.45, 2.75) is 31.5 Å². The minimum absolute atomic E-state index is 0.257. The Morgan fingerprint density at radius 1 is 1.29 bits per heavy atom. The number of hydrogen-bond donors (Lipinski definition) is 2. The Kier molecular flexibility index (Phi) is 6.31. The standard InChI is InChI=1S/C18H28N2O4/c1-22-18-10-14(11-19-15-3-4-15)2-5-17(18)24-13-16(21)12-20-6-8-23-9-7-20/h2,5,10,15-16,19,21H,3-4,6-9,11-13H2,1H3. The molecule has 1 saturated heterocycles. The summed E-state index contributed by atoms with van der Waals surface area (Å²) in [4.78, 5) is 2.20. The lowest BCUT2D eigenvalue weighted by Gasteiger charge is -2.28. The quantitative estimate of drug-likeness (QED) is 0.702. The molecule has 3 rings (SSSR count). The number of β-amino-alcohol motifs (C(OH)–C–C–N with tert-alkyl or cyclic N) is 1. The number of rotatable bonds is 9. The summed E-state index contributed by atoms with van der Waals surface area (Å²) in [5.74, 6) is 1.39. The van der Waals surface area contributed by atoms with Gasteiger partial charge in [-0.25, -0.2) is 0 Å². The van der Waals surface area contributed by atoms with Crippen LogP contribution in [0.2, 0.25) is 0 Å². The number of aliphatic hydroxyl groups excluding tert-OH is 1. The zero-order chi connectivity index (χ0) is 16.8. The zero-order valence-corrected chi connectivity index (χ0v) is 14.4. The van der Waals surface area contributed by atoms with Gasteiger partial charge >= 0.3 is 0 Å². The number of aliphatic hydroxyl groups is 1. The van der Waals surface area contributed by atoms with E-state index >= 15 is 0 Å². The summed E-state index contributed by atoms with van der Waals surface area (Å²) in [6.45, 7) is 4.91. The molecule has 2 N–H and O–H groups in total. The topological polar surface area (TPSA) is 63.2 Å². The van der Waals surface area contributed by atoms with Crippen molar-refractivity contribution in [3.05, 3.63) is 23.8 Å². The van der Waals surface area contributed by atoms with Crippen molar-refractivity contribution in [3.8, 4) is 11.5 Å². The highest BCUT2D eigenvalue weighted by molar-refractivity contribution is 5.43. The van der Waals surface area contributed by atoms with Crippen LogP contribution in [0.1, 0.15) is 18.4 Å². The van der Waals surface area contributed by atoms with E-state index in [9.17, 15) is 5.11 Å². The molecule has 1 saturated carbocycles. The molecule has 24 heavy (non-hydrogen) atoms. The van der Waals surface area contributed by atoms with Crippen LogP contribution in [0.4, 0.5) is 0 Å². The van der Waals surface area contributed by atoms with Crippen molar-refractivity contribution in [2.75, 3.05) is 46.6 Å². The monoisotopic (exact) mass is 336 g/mol. The molecule has 1 aromatic carbocycles. The SMILES string of the molecule is COc1cc(CNC2CC2)ccc1OCC(O)CN1CCOCC1. The number of hydrogen-bond acceptors (Lipinski definition) is 6. The molecule has 1 aliphatic heterocycles. The van der Waals surface area contributed by atoms with Crippen molar-refractivity contribution in [2.24, 2.45) is 0 Å². The maximum atomic E-state index is 10.2. The smallest absolute Gasteiger partial charge is 0.161 e. The first-order chi connectivity index (χ1) is 11.7. The maximum absolute atomic E-state index is 10.2. The molecule has 1 heterocycles. The van der Waals surface area contributed by atoms with E-state index in [-0.39, 0.29) is 6.61 Å². The lowest BCUT2D eigenvalue weighted by Crippen LogP contribution is -2.42. The number of morpholine rings is 1. The van der Waals surface area contributed by atoms with Gasteiger partial charge < -0.3 is 24.6 Å². The van der Waals surface area contributed by atoms with Crippen molar-refractivity contribution in [1.29, 1.82) is 0 Å². The Morgan fingerprint density at radius 3 is 2.79 bits per heavy atom. The van der Waals surface area contributed by atoms with E-state index in [4.69, 9.17) is 14.2 Å². The van der Waals surface area contributed by atoms with Crippen LogP contribution in [0.25, 0.3) is 0 Å². The molecule has 0 bridgehead atoms. The minimum Gasteiger partial charge on any atom is -0.493 e. The fraction of sp³-hybridized carbons (Fsp3) is 0.667. The van der Waals surface area contributed by atoms with E-state index in [1.807, 2.05) is 18.2 Å². The van der Waals surface area contributed by atoms with E-state index < -0.39 is 6.10 Å². The average Bonchev–Trinajstić information content (AvgIpc) is 3.43. The molecule has 2 aliphatic rings. The first-order valence-corrected chi connectivity index (χ1v) is 8.76. The Hall–Kier alpha value is -1.34. The molecule has 0 aromatic heterocycles. The number of benzene rings is 1. The highest BCUT2D eigenvalue weighted by Gasteiger charge is 2.20. The summed E-state index contributed by atoms with van der Waals surface area (Å²) in [6.07, 6.45) is 2.03. The Balaban J connectivity index is 1.47. The normalized spacial score (nSPS) is 19.9. The summed E-state index contributed by atoms with van der Waals surface area (Å²) in [7, 11) is 1.64. The molecule has 6 nitrogen and oxygen atoms in total. The van der Waals surface area contributed by atoms with Crippen molar-refractivity contribution < 1.29 is 19.3 Å². The Labute approximate surface area is 143 Å². The third-order valence-corrected chi connectivity index (χ3v) is 4.40. The molecule has 0 spiro atoms. The summed E-state index contributed by atoms with van der Waals surface area (Å²) in [5.41, 5.74) is 1.18. The third kappa shape index (κ3) is 5.34. The Morgan fingerprint density at radius 2 is 2.08 bits per heavy atom. The van der Waals surface area contributed by atoms with Gasteiger partial charge in [0.05, 0.1) is 20.3 Å². The fourth-order valence-electron chi connectivity index (χ4n) is 2.81. The molecular weight excluding hydrogens is 308 g/mol. The largest absolute Gasteiger partial charge is 0.493 e. The molecule has 1 unspecified atom stereocenters. The Bertz CT molecular complexity index is 516. The molecule has 0 radical (unpaired) electrons. The summed E-state index contributed by atoms with van der Waals surface area (Å²) >= 11 is 0. The average molecular weight is 336 g/mol. The van der Waals surface area contributed by atoms with Crippen LogP contribution in [0.3, 0.4) is 0 Å². The lowest BCUT2D eigenvalue weighted by molar-refractivity contribution is 0.00445. The van der Waals surface area contributed by atoms with Gasteiger partial charge in [-0.05, 0) is 30.5 Å². The lowest BCUT2D eigenvalue weighted by atomic mass is 10.2. The van der Waals surface area contributed by atoms with Gasteiger partial charge in [0, 0.05) is 32.2 Å². The minimum atomic E-state index is -0.524. The number of nitrogens with one attached hydrogen (secondary N) is 1. The first kappa shape index (κ1) is 17.5. The molecule has 1 atom stereocenters. The first-order valence-electron chi connectivity index (χ1n) is 8.76. The van der Waals surface area contributed by atoms with Crippen LogP contribution in [0.5, 0.6) is 11.5 Å². The van der Waals surface area contributed by atoms with Gasteiger partial charge in [0.25, 0.3) is 0 Å². The molecule has 0 amide bonds. The van der Waals surface area contributed by atoms with Crippen molar-refractivity contribution in [3.63, 3.8) is 0 Å². The van der Waals surface area contributed by atoms with E-state index in [2.05, 4.69) is 10.2 Å². The van der Waals surface area contributed by atoms with Gasteiger partial charge in [0.1, 0.15) is 12.7 Å². The van der Waals surface area contributed by atoms with Crippen LogP contribution < -0.4 is 14.8 Å². The second-order valence-corrected chi connectivity index (χ2v) is 6.52. The van der Waals surface area contributed by atoms with Gasteiger partial charge in [0.2, 0.25) is 0 Å². The second kappa shape index (κ2) is 8.67. The van der Waals surface area contributed by atoms with Crippen molar-refractivity contribution >= 4 is 0 Å². The number of methoxy groups -OCH3 is 1. The van der Waals surface area contributed by atoms with Gasteiger partial charge in [-0.15, -0.1) is 0 Å². The van der Waals surface area contributed by atoms with Crippen LogP contribution in [-0.4, -0.2) is 68.7 Å². The second-order valence-electron chi connectivity index (χ2n) is 6.52. The van der Waals surface area contributed by atoms with Crippen molar-refractivity contribution in [1.82, 2.24) is 10.2 Å². The van der Waals surface area contributed by atoms with E-state index in [1.165, 1.54) is 18.4 Å². The number of nitrogens with zero attached hydrogens (tertiary/aromatic N) is 1. The third-order valence-electron chi connectivity index (χ3n) is 4.40. The molecule has 2 fully saturated rings. The zero-order valence-electron chi connectivity index (χ0n) is 14.4. The predicted molar refractivity (Wildman–Crippen MR) is 91.6 cm³/mol. The van der Waals surface area contributed by atoms with Gasteiger partial charge in [-0.1, -0.05) is 6.07 Å². The van der Waals surface area contributed by atoms with Crippen LogP contribution in [0, 0.1) is 0 Å². The maximum Gasteiger partial charge on any atom is 0.161 e. The van der Waals surface area contributed by atoms with Crippen LogP contribution in [0.15, 0.2) is 18.2 Å². The predicted octanol–water partition coefficient (Wildman–Crippen LogP) is 1.02. The molecule has 1 aromatic rings.